The average molecular weight is 177 g/mol. The van der Waals surface area contributed by atoms with Gasteiger partial charge in [-0.2, -0.15) is 0 Å². The molecular formula is C7H15NO4. The number of likely N-dealkylation sites (N-methyl/N-ethyl adjacent to an activating group) is 1. The van der Waals surface area contributed by atoms with Crippen LogP contribution in [0.1, 0.15) is 6.42 Å². The van der Waals surface area contributed by atoms with Gasteiger partial charge in [0.05, 0.1) is 26.2 Å². The maximum Gasteiger partial charge on any atom is 0.305 e. The zero-order valence-corrected chi connectivity index (χ0v) is 7.12. The molecule has 5 nitrogen and oxygen atoms in total. The molecule has 0 radical (unpaired) electrons. The van der Waals surface area contributed by atoms with Crippen LogP contribution >= 0.6 is 0 Å². The molecule has 0 rings (SSSR count). The van der Waals surface area contributed by atoms with E-state index in [1.54, 1.807) is 7.05 Å². The van der Waals surface area contributed by atoms with Crippen molar-refractivity contribution in [3.05, 3.63) is 0 Å². The van der Waals surface area contributed by atoms with E-state index < -0.39 is 5.97 Å². The largest absolute Gasteiger partial charge is 0.481 e. The van der Waals surface area contributed by atoms with Gasteiger partial charge in [0.1, 0.15) is 0 Å². The smallest absolute Gasteiger partial charge is 0.305 e. The highest BCUT2D eigenvalue weighted by Gasteiger charge is 2.10. The van der Waals surface area contributed by atoms with Crippen molar-refractivity contribution in [2.24, 2.45) is 0 Å². The summed E-state index contributed by atoms with van der Waals surface area (Å²) >= 11 is 0. The number of carboxylic acid groups (broad SMARTS) is 1. The topological polar surface area (TPSA) is 78.8 Å². The van der Waals surface area contributed by atoms with Crippen LogP contribution in [0.2, 0.25) is 0 Å². The molecule has 0 bridgehead atoms. The fraction of sp³-hybridized carbons (Fsp3) is 0.857. The van der Waals surface area contributed by atoms with Crippen LogP contribution in [0.5, 0.6) is 0 Å². The second kappa shape index (κ2) is 7.02. The molecule has 0 fully saturated rings. The quantitative estimate of drug-likeness (QED) is 0.437. The van der Waals surface area contributed by atoms with Crippen LogP contribution in [-0.4, -0.2) is 49.1 Å². The standard InChI is InChI=1S/C7H15NO4/c1-8-6(4-7(10)11)5-12-3-2-9/h6,8-9H,2-5H2,1H3,(H,10,11)/t6-/m1/s1. The van der Waals surface area contributed by atoms with E-state index >= 15 is 0 Å². The van der Waals surface area contributed by atoms with Gasteiger partial charge in [0.2, 0.25) is 0 Å². The first-order valence-electron chi connectivity index (χ1n) is 3.78. The van der Waals surface area contributed by atoms with Gasteiger partial charge in [-0.3, -0.25) is 4.79 Å². The number of aliphatic hydroxyl groups is 1. The molecule has 3 N–H and O–H groups in total. The summed E-state index contributed by atoms with van der Waals surface area (Å²) in [7, 11) is 1.68. The average Bonchev–Trinajstić information content (AvgIpc) is 2.02. The van der Waals surface area contributed by atoms with Crippen molar-refractivity contribution in [1.29, 1.82) is 0 Å². The van der Waals surface area contributed by atoms with Gasteiger partial charge in [-0.1, -0.05) is 0 Å². The number of carboxylic acids is 1. The molecule has 0 aliphatic heterocycles. The Labute approximate surface area is 71.3 Å². The lowest BCUT2D eigenvalue weighted by atomic mass is 10.2. The number of aliphatic hydroxyl groups excluding tert-OH is 1. The van der Waals surface area contributed by atoms with Crippen molar-refractivity contribution in [2.75, 3.05) is 26.9 Å². The van der Waals surface area contributed by atoms with Gasteiger partial charge in [0.15, 0.2) is 0 Å². The predicted octanol–water partition coefficient (Wildman–Crippen LogP) is -0.942. The number of aliphatic carboxylic acids is 1. The number of hydrogen-bond acceptors (Lipinski definition) is 4. The van der Waals surface area contributed by atoms with Gasteiger partial charge >= 0.3 is 5.97 Å². The Kier molecular flexibility index (Phi) is 6.64. The molecule has 0 aliphatic carbocycles. The first kappa shape index (κ1) is 11.4. The molecule has 0 saturated carbocycles. The Morgan fingerprint density at radius 3 is 2.75 bits per heavy atom. The Morgan fingerprint density at radius 2 is 2.33 bits per heavy atom. The van der Waals surface area contributed by atoms with Gasteiger partial charge in [0, 0.05) is 6.04 Å². The van der Waals surface area contributed by atoms with Crippen molar-refractivity contribution >= 4 is 5.97 Å². The highest BCUT2D eigenvalue weighted by Crippen LogP contribution is 1.92. The van der Waals surface area contributed by atoms with Crippen LogP contribution in [0.4, 0.5) is 0 Å². The number of carbonyl (C=O) groups is 1. The fourth-order valence-corrected chi connectivity index (χ4v) is 0.745. The maximum absolute atomic E-state index is 10.3. The molecule has 0 spiro atoms. The molecule has 0 aromatic rings. The van der Waals surface area contributed by atoms with Crippen LogP contribution in [0.3, 0.4) is 0 Å². The van der Waals surface area contributed by atoms with Crippen LogP contribution in [0, 0.1) is 0 Å². The van der Waals surface area contributed by atoms with E-state index in [1.807, 2.05) is 0 Å². The monoisotopic (exact) mass is 177 g/mol. The summed E-state index contributed by atoms with van der Waals surface area (Å²) in [6.07, 6.45) is 0.0297. The second-order valence-corrected chi connectivity index (χ2v) is 2.38. The van der Waals surface area contributed by atoms with Crippen LogP contribution in [0.15, 0.2) is 0 Å². The summed E-state index contributed by atoms with van der Waals surface area (Å²) < 4.78 is 4.96. The van der Waals surface area contributed by atoms with Gasteiger partial charge < -0.3 is 20.3 Å². The van der Waals surface area contributed by atoms with Gasteiger partial charge in [-0.15, -0.1) is 0 Å². The molecule has 0 heterocycles. The van der Waals surface area contributed by atoms with Crippen molar-refractivity contribution in [2.45, 2.75) is 12.5 Å². The minimum Gasteiger partial charge on any atom is -0.481 e. The number of nitrogens with one attached hydrogen (secondary N) is 1. The highest BCUT2D eigenvalue weighted by atomic mass is 16.5. The van der Waals surface area contributed by atoms with Gasteiger partial charge in [-0.25, -0.2) is 0 Å². The molecule has 12 heavy (non-hydrogen) atoms. The van der Waals surface area contributed by atoms with E-state index in [2.05, 4.69) is 5.32 Å². The SMILES string of the molecule is CN[C@@H](COCCO)CC(=O)O. The molecule has 0 aliphatic rings. The lowest BCUT2D eigenvalue weighted by molar-refractivity contribution is -0.138. The molecule has 0 saturated heterocycles. The van der Waals surface area contributed by atoms with Crippen LogP contribution in [0.25, 0.3) is 0 Å². The number of ether oxygens (including phenoxy) is 1. The van der Waals surface area contributed by atoms with Crippen molar-refractivity contribution < 1.29 is 19.7 Å². The first-order valence-corrected chi connectivity index (χ1v) is 3.78. The van der Waals surface area contributed by atoms with E-state index in [1.165, 1.54) is 0 Å². The van der Waals surface area contributed by atoms with Crippen LogP contribution < -0.4 is 5.32 Å². The van der Waals surface area contributed by atoms with Gasteiger partial charge in [0.25, 0.3) is 0 Å². The van der Waals surface area contributed by atoms with Crippen molar-refractivity contribution in [3.63, 3.8) is 0 Å². The molecular weight excluding hydrogens is 162 g/mol. The molecule has 72 valence electrons. The van der Waals surface area contributed by atoms with E-state index in [4.69, 9.17) is 14.9 Å². The van der Waals surface area contributed by atoms with Gasteiger partial charge in [-0.05, 0) is 7.05 Å². The Bertz CT molecular complexity index is 129. The molecule has 0 aromatic heterocycles. The highest BCUT2D eigenvalue weighted by molar-refractivity contribution is 5.67. The zero-order valence-electron chi connectivity index (χ0n) is 7.12. The maximum atomic E-state index is 10.3. The fourth-order valence-electron chi connectivity index (χ4n) is 0.745. The minimum absolute atomic E-state index is 0.0297. The normalized spacial score (nSPS) is 12.8. The summed E-state index contributed by atoms with van der Waals surface area (Å²) in [5.41, 5.74) is 0. The minimum atomic E-state index is -0.859. The summed E-state index contributed by atoms with van der Waals surface area (Å²) in [6.45, 7) is 0.519. The van der Waals surface area contributed by atoms with E-state index in [9.17, 15) is 4.79 Å². The Balaban J connectivity index is 3.46. The third kappa shape index (κ3) is 6.09. The molecule has 0 unspecified atom stereocenters. The third-order valence-corrected chi connectivity index (χ3v) is 1.38. The lowest BCUT2D eigenvalue weighted by Gasteiger charge is -2.13. The second-order valence-electron chi connectivity index (χ2n) is 2.38. The van der Waals surface area contributed by atoms with Crippen molar-refractivity contribution in [3.8, 4) is 0 Å². The molecule has 5 heteroatoms. The van der Waals surface area contributed by atoms with Crippen LogP contribution in [-0.2, 0) is 9.53 Å². The molecule has 1 atom stereocenters. The molecule has 0 amide bonds. The number of hydrogen-bond donors (Lipinski definition) is 3. The van der Waals surface area contributed by atoms with E-state index in [-0.39, 0.29) is 25.7 Å². The van der Waals surface area contributed by atoms with E-state index in [0.717, 1.165) is 0 Å². The molecule has 0 aromatic carbocycles. The summed E-state index contributed by atoms with van der Waals surface area (Å²) in [6, 6.07) is -0.186. The summed E-state index contributed by atoms with van der Waals surface area (Å²) in [4.78, 5) is 10.3. The van der Waals surface area contributed by atoms with E-state index in [0.29, 0.717) is 6.61 Å². The zero-order chi connectivity index (χ0) is 9.40. The third-order valence-electron chi connectivity index (χ3n) is 1.38. The summed E-state index contributed by atoms with van der Waals surface area (Å²) in [5, 5.41) is 19.6. The van der Waals surface area contributed by atoms with Crippen molar-refractivity contribution in [1.82, 2.24) is 5.32 Å². The summed E-state index contributed by atoms with van der Waals surface area (Å²) in [5.74, 6) is -0.859. The Morgan fingerprint density at radius 1 is 1.67 bits per heavy atom. The Hall–Kier alpha value is -0.650. The lowest BCUT2D eigenvalue weighted by Crippen LogP contribution is -2.33. The first-order chi connectivity index (χ1) is 5.70. The predicted molar refractivity (Wildman–Crippen MR) is 43.0 cm³/mol. The number of rotatable bonds is 7.